The molecule has 9 nitrogen and oxygen atoms in total. The van der Waals surface area contributed by atoms with Crippen LogP contribution in [0.4, 0.5) is 0 Å². The number of rotatable bonds is 65. The van der Waals surface area contributed by atoms with Gasteiger partial charge in [-0.05, 0) is 96.3 Å². The van der Waals surface area contributed by atoms with Gasteiger partial charge < -0.3 is 27.9 Å². The summed E-state index contributed by atoms with van der Waals surface area (Å²) in [6.45, 7) is 4.04. The summed E-state index contributed by atoms with van der Waals surface area (Å²) in [5.41, 5.74) is 0. The van der Waals surface area contributed by atoms with E-state index in [1.165, 1.54) is 167 Å². The van der Waals surface area contributed by atoms with Gasteiger partial charge in [-0.3, -0.25) is 14.2 Å². The van der Waals surface area contributed by atoms with Crippen LogP contribution in [0.25, 0.3) is 0 Å². The summed E-state index contributed by atoms with van der Waals surface area (Å²) in [7, 11) is 1.17. The largest absolute Gasteiger partial charge is 0.756 e. The second-order valence-electron chi connectivity index (χ2n) is 24.8. The third-order valence-electron chi connectivity index (χ3n) is 15.3. The van der Waals surface area contributed by atoms with E-state index in [9.17, 15) is 19.0 Å². The van der Waals surface area contributed by atoms with E-state index in [2.05, 4.69) is 123 Å². The highest BCUT2D eigenvalue weighted by molar-refractivity contribution is 7.45. The normalized spacial score (nSPS) is 13.8. The minimum atomic E-state index is -4.65. The number of hydrogen-bond acceptors (Lipinski definition) is 8. The Morgan fingerprint density at radius 1 is 0.360 bits per heavy atom. The zero-order valence-corrected chi connectivity index (χ0v) is 57.4. The van der Waals surface area contributed by atoms with Crippen LogP contribution in [-0.2, 0) is 32.7 Å². The molecule has 0 radical (unpaired) electrons. The van der Waals surface area contributed by atoms with E-state index in [-0.39, 0.29) is 32.0 Å². The molecule has 0 saturated heterocycles. The molecule has 0 saturated carbocycles. The summed E-state index contributed by atoms with van der Waals surface area (Å²) in [6.07, 6.45) is 93.2. The molecule has 0 heterocycles. The van der Waals surface area contributed by atoms with Crippen LogP contribution in [-0.4, -0.2) is 70.0 Å². The number of likely N-dealkylation sites (N-methyl/N-ethyl adjacent to an activating group) is 1. The Kier molecular flexibility index (Phi) is 63.5. The van der Waals surface area contributed by atoms with E-state index in [0.717, 1.165) is 109 Å². The van der Waals surface area contributed by atoms with Crippen LogP contribution in [0.15, 0.2) is 109 Å². The molecule has 2 atom stereocenters. The van der Waals surface area contributed by atoms with E-state index in [1.807, 2.05) is 21.1 Å². The second kappa shape index (κ2) is 66.1. The average Bonchev–Trinajstić information content (AvgIpc) is 3.56. The summed E-state index contributed by atoms with van der Waals surface area (Å²) in [5.74, 6) is -0.830. The highest BCUT2D eigenvalue weighted by atomic mass is 31.2. The predicted octanol–water partition coefficient (Wildman–Crippen LogP) is 22.6. The monoisotopic (exact) mass is 1220 g/mol. The fraction of sp³-hybridized carbons (Fsp3) is 0.737. The average molecular weight is 1220 g/mol. The van der Waals surface area contributed by atoms with Crippen molar-refractivity contribution < 1.29 is 42.1 Å². The molecule has 0 bridgehead atoms. The van der Waals surface area contributed by atoms with Crippen molar-refractivity contribution in [2.75, 3.05) is 47.5 Å². The van der Waals surface area contributed by atoms with Crippen molar-refractivity contribution in [2.45, 2.75) is 315 Å². The van der Waals surface area contributed by atoms with E-state index in [1.54, 1.807) is 0 Å². The van der Waals surface area contributed by atoms with Crippen molar-refractivity contribution in [3.8, 4) is 0 Å². The van der Waals surface area contributed by atoms with Crippen LogP contribution in [0.1, 0.15) is 309 Å². The van der Waals surface area contributed by atoms with E-state index in [0.29, 0.717) is 17.4 Å². The van der Waals surface area contributed by atoms with Crippen molar-refractivity contribution in [1.29, 1.82) is 0 Å². The molecule has 0 aromatic carbocycles. The zero-order chi connectivity index (χ0) is 62.6. The molecule has 0 rings (SSSR count). The van der Waals surface area contributed by atoms with Crippen LogP contribution < -0.4 is 4.89 Å². The Morgan fingerprint density at radius 3 is 0.930 bits per heavy atom. The van der Waals surface area contributed by atoms with Gasteiger partial charge in [0.1, 0.15) is 19.8 Å². The van der Waals surface area contributed by atoms with Gasteiger partial charge >= 0.3 is 11.9 Å². The molecule has 0 aliphatic heterocycles. The van der Waals surface area contributed by atoms with Crippen LogP contribution in [0.5, 0.6) is 0 Å². The number of hydrogen-bond donors (Lipinski definition) is 0. The number of unbranched alkanes of at least 4 members (excludes halogenated alkanes) is 33. The molecular formula is C76H134NO8P. The first kappa shape index (κ1) is 82.7. The van der Waals surface area contributed by atoms with Gasteiger partial charge in [-0.1, -0.05) is 309 Å². The van der Waals surface area contributed by atoms with Crippen molar-refractivity contribution in [3.05, 3.63) is 109 Å². The Bertz CT molecular complexity index is 1820. The van der Waals surface area contributed by atoms with Gasteiger partial charge in [-0.15, -0.1) is 0 Å². The molecule has 0 aliphatic rings. The Balaban J connectivity index is 3.97. The number of esters is 2. The fourth-order valence-corrected chi connectivity index (χ4v) is 10.6. The van der Waals surface area contributed by atoms with Crippen molar-refractivity contribution in [1.82, 2.24) is 0 Å². The summed E-state index contributed by atoms with van der Waals surface area (Å²) in [5, 5.41) is 0. The van der Waals surface area contributed by atoms with Crippen LogP contribution >= 0.6 is 7.82 Å². The summed E-state index contributed by atoms with van der Waals surface area (Å²) < 4.78 is 34.3. The van der Waals surface area contributed by atoms with Gasteiger partial charge in [-0.2, -0.15) is 0 Å². The molecule has 0 N–H and O–H groups in total. The van der Waals surface area contributed by atoms with Crippen LogP contribution in [0.2, 0.25) is 0 Å². The molecule has 0 spiro atoms. The number of carbonyl (C=O) groups is 2. The molecule has 0 amide bonds. The molecule has 86 heavy (non-hydrogen) atoms. The third-order valence-corrected chi connectivity index (χ3v) is 16.3. The van der Waals surface area contributed by atoms with Gasteiger partial charge in [0.15, 0.2) is 6.10 Å². The first-order chi connectivity index (χ1) is 42.0. The number of carbonyl (C=O) groups excluding carboxylic acids is 2. The standard InChI is InChI=1S/C76H134NO8P/c1-6-8-10-12-14-16-18-20-22-24-26-28-30-31-32-33-34-35-36-37-38-39-40-41-42-43-44-45-47-49-51-53-55-57-59-61-63-65-67-69-76(79)85-74(73-84-86(80,81)83-71-70-77(3,4)5)72-82-75(78)68-66-64-62-60-58-56-54-52-50-48-46-29-27-25-23-21-19-17-15-13-11-9-7-2/h8-11,14-17,20-23,26-29,31-32,74H,6-7,12-13,18-19,24-25,30,33-73H2,1-5H3/b10-8-,11-9-,16-14-,17-15-,22-20-,23-21-,28-26-,29-27-,32-31-. The topological polar surface area (TPSA) is 111 Å². The SMILES string of the molecule is CC/C=C\C/C=C\C/C=C\C/C=C\C/C=C\CCCCCCCCCCCCCCCCCCCCCCCCCC(=O)OC(COC(=O)CCCCCCCCCCCC/C=C\C/C=C\C/C=C\C/C=C\CC)COP(=O)([O-])OCC[N+](C)(C)C. The lowest BCUT2D eigenvalue weighted by Crippen LogP contribution is -2.37. The predicted molar refractivity (Wildman–Crippen MR) is 369 cm³/mol. The van der Waals surface area contributed by atoms with E-state index < -0.39 is 26.5 Å². The first-order valence-electron chi connectivity index (χ1n) is 35.6. The van der Waals surface area contributed by atoms with Crippen molar-refractivity contribution in [2.24, 2.45) is 0 Å². The third kappa shape index (κ3) is 69.8. The smallest absolute Gasteiger partial charge is 0.306 e. The Morgan fingerprint density at radius 2 is 0.628 bits per heavy atom. The summed E-state index contributed by atoms with van der Waals surface area (Å²) in [4.78, 5) is 38.1. The summed E-state index contributed by atoms with van der Waals surface area (Å²) in [6, 6.07) is 0. The number of nitrogens with zero attached hydrogens (tertiary/aromatic N) is 1. The highest BCUT2D eigenvalue weighted by Crippen LogP contribution is 2.38. The highest BCUT2D eigenvalue weighted by Gasteiger charge is 2.22. The van der Waals surface area contributed by atoms with E-state index >= 15 is 0 Å². The number of quaternary nitrogens is 1. The molecule has 0 aromatic rings. The Hall–Kier alpha value is -3.33. The lowest BCUT2D eigenvalue weighted by atomic mass is 10.0. The molecule has 10 heteroatoms. The van der Waals surface area contributed by atoms with Gasteiger partial charge in [0.25, 0.3) is 7.82 Å². The van der Waals surface area contributed by atoms with Crippen LogP contribution in [0, 0.1) is 0 Å². The fourth-order valence-electron chi connectivity index (χ4n) is 9.91. The summed E-state index contributed by atoms with van der Waals surface area (Å²) >= 11 is 0. The molecule has 0 aliphatic carbocycles. The van der Waals surface area contributed by atoms with Crippen molar-refractivity contribution >= 4 is 19.8 Å². The molecule has 0 aromatic heterocycles. The van der Waals surface area contributed by atoms with E-state index in [4.69, 9.17) is 18.5 Å². The maximum Gasteiger partial charge on any atom is 0.306 e. The zero-order valence-electron chi connectivity index (χ0n) is 56.5. The number of phosphoric acid groups is 1. The molecule has 496 valence electrons. The van der Waals surface area contributed by atoms with Gasteiger partial charge in [0.05, 0.1) is 27.7 Å². The lowest BCUT2D eigenvalue weighted by molar-refractivity contribution is -0.870. The van der Waals surface area contributed by atoms with Crippen molar-refractivity contribution in [3.63, 3.8) is 0 Å². The number of allylic oxidation sites excluding steroid dienone is 18. The quantitative estimate of drug-likeness (QED) is 0.0195. The van der Waals surface area contributed by atoms with Gasteiger partial charge in [0.2, 0.25) is 0 Å². The van der Waals surface area contributed by atoms with Gasteiger partial charge in [-0.25, -0.2) is 0 Å². The lowest BCUT2D eigenvalue weighted by Gasteiger charge is -2.28. The molecule has 2 unspecified atom stereocenters. The van der Waals surface area contributed by atoms with Crippen LogP contribution in [0.3, 0.4) is 0 Å². The van der Waals surface area contributed by atoms with Gasteiger partial charge in [0, 0.05) is 12.8 Å². The number of ether oxygens (including phenoxy) is 2. The maximum absolute atomic E-state index is 12.9. The molecule has 0 fully saturated rings. The first-order valence-corrected chi connectivity index (χ1v) is 37.1. The maximum atomic E-state index is 12.9. The number of phosphoric ester groups is 1. The Labute approximate surface area is 531 Å². The minimum Gasteiger partial charge on any atom is -0.756 e. The molecular weight excluding hydrogens is 1090 g/mol. The second-order valence-corrected chi connectivity index (χ2v) is 26.2. The minimum absolute atomic E-state index is 0.0336.